The van der Waals surface area contributed by atoms with Gasteiger partial charge in [-0.25, -0.2) is 0 Å². The molecule has 5 heteroatoms. The average molecular weight is 323 g/mol. The molecule has 0 heterocycles. The van der Waals surface area contributed by atoms with Gasteiger partial charge in [-0.05, 0) is 23.8 Å². The second kappa shape index (κ2) is 5.48. The molecule has 0 aromatic heterocycles. The SMILES string of the molecule is O=C(CO)NCc1cc(Br)ccc1Br. The van der Waals surface area contributed by atoms with Gasteiger partial charge in [-0.2, -0.15) is 0 Å². The summed E-state index contributed by atoms with van der Waals surface area (Å²) in [5, 5.41) is 11.1. The van der Waals surface area contributed by atoms with Crippen molar-refractivity contribution in [1.82, 2.24) is 5.32 Å². The first-order chi connectivity index (χ1) is 6.63. The van der Waals surface area contributed by atoms with E-state index in [0.717, 1.165) is 14.5 Å². The predicted molar refractivity (Wildman–Crippen MR) is 60.8 cm³/mol. The van der Waals surface area contributed by atoms with Gasteiger partial charge in [-0.15, -0.1) is 0 Å². The zero-order chi connectivity index (χ0) is 10.6. The van der Waals surface area contributed by atoms with Gasteiger partial charge in [0.1, 0.15) is 6.61 Å². The van der Waals surface area contributed by atoms with Crippen LogP contribution in [0, 0.1) is 0 Å². The summed E-state index contributed by atoms with van der Waals surface area (Å²) < 4.78 is 1.88. The van der Waals surface area contributed by atoms with E-state index in [1.807, 2.05) is 18.2 Å². The van der Waals surface area contributed by atoms with Crippen molar-refractivity contribution in [3.8, 4) is 0 Å². The van der Waals surface area contributed by atoms with Gasteiger partial charge in [0.05, 0.1) is 0 Å². The molecule has 3 nitrogen and oxygen atoms in total. The summed E-state index contributed by atoms with van der Waals surface area (Å²) in [6.07, 6.45) is 0. The number of nitrogens with one attached hydrogen (secondary N) is 1. The Morgan fingerprint density at radius 3 is 2.79 bits per heavy atom. The van der Waals surface area contributed by atoms with Crippen molar-refractivity contribution in [2.24, 2.45) is 0 Å². The molecule has 1 aromatic carbocycles. The minimum atomic E-state index is -0.481. The Labute approximate surface area is 98.8 Å². The number of benzene rings is 1. The number of carbonyl (C=O) groups is 1. The molecule has 1 aromatic rings. The fourth-order valence-electron chi connectivity index (χ4n) is 0.928. The van der Waals surface area contributed by atoms with Crippen LogP contribution in [0.1, 0.15) is 5.56 Å². The van der Waals surface area contributed by atoms with Crippen LogP contribution >= 0.6 is 31.9 Å². The molecule has 0 spiro atoms. The maximum atomic E-state index is 10.8. The molecule has 0 bridgehead atoms. The second-order valence-electron chi connectivity index (χ2n) is 2.67. The summed E-state index contributed by atoms with van der Waals surface area (Å²) in [6, 6.07) is 5.70. The first-order valence-electron chi connectivity index (χ1n) is 3.95. The maximum absolute atomic E-state index is 10.8. The van der Waals surface area contributed by atoms with E-state index in [0.29, 0.717) is 6.54 Å². The van der Waals surface area contributed by atoms with Crippen LogP contribution in [0.4, 0.5) is 0 Å². The number of hydrogen-bond acceptors (Lipinski definition) is 2. The minimum Gasteiger partial charge on any atom is -0.387 e. The molecule has 0 aliphatic carbocycles. The van der Waals surface area contributed by atoms with Gasteiger partial charge < -0.3 is 10.4 Å². The number of rotatable bonds is 3. The lowest BCUT2D eigenvalue weighted by Gasteiger charge is -2.06. The van der Waals surface area contributed by atoms with Crippen LogP contribution in [-0.4, -0.2) is 17.6 Å². The van der Waals surface area contributed by atoms with Crippen LogP contribution in [0.25, 0.3) is 0 Å². The zero-order valence-corrected chi connectivity index (χ0v) is 10.4. The first kappa shape index (κ1) is 11.7. The van der Waals surface area contributed by atoms with Gasteiger partial charge in [0, 0.05) is 15.5 Å². The number of amides is 1. The van der Waals surface area contributed by atoms with Crippen LogP contribution in [0.3, 0.4) is 0 Å². The quantitative estimate of drug-likeness (QED) is 0.892. The summed E-state index contributed by atoms with van der Waals surface area (Å²) in [5.74, 6) is -0.378. The molecule has 0 radical (unpaired) electrons. The lowest BCUT2D eigenvalue weighted by atomic mass is 10.2. The second-order valence-corrected chi connectivity index (χ2v) is 4.44. The topological polar surface area (TPSA) is 49.3 Å². The third-order valence-corrected chi connectivity index (χ3v) is 2.89. The normalized spacial score (nSPS) is 9.93. The van der Waals surface area contributed by atoms with E-state index in [2.05, 4.69) is 37.2 Å². The number of halogens is 2. The summed E-state index contributed by atoms with van der Waals surface area (Å²) >= 11 is 6.71. The van der Waals surface area contributed by atoms with Crippen LogP contribution in [0.2, 0.25) is 0 Å². The van der Waals surface area contributed by atoms with Crippen molar-refractivity contribution in [1.29, 1.82) is 0 Å². The Morgan fingerprint density at radius 1 is 1.43 bits per heavy atom. The number of hydrogen-bond donors (Lipinski definition) is 2. The zero-order valence-electron chi connectivity index (χ0n) is 7.26. The monoisotopic (exact) mass is 321 g/mol. The molecule has 0 fully saturated rings. The maximum Gasteiger partial charge on any atom is 0.245 e. The summed E-state index contributed by atoms with van der Waals surface area (Å²) in [4.78, 5) is 10.8. The smallest absolute Gasteiger partial charge is 0.245 e. The standard InChI is InChI=1S/C9H9Br2NO2/c10-7-1-2-8(11)6(3-7)4-12-9(14)5-13/h1-3,13H,4-5H2,(H,12,14). The molecular weight excluding hydrogens is 314 g/mol. The van der Waals surface area contributed by atoms with Gasteiger partial charge >= 0.3 is 0 Å². The molecule has 76 valence electrons. The molecule has 1 amide bonds. The highest BCUT2D eigenvalue weighted by Crippen LogP contribution is 2.21. The molecule has 0 aliphatic rings. The highest BCUT2D eigenvalue weighted by atomic mass is 79.9. The largest absolute Gasteiger partial charge is 0.387 e. The molecule has 1 rings (SSSR count). The van der Waals surface area contributed by atoms with Crippen LogP contribution in [0.5, 0.6) is 0 Å². The van der Waals surface area contributed by atoms with Crippen molar-refractivity contribution in [2.75, 3.05) is 6.61 Å². The molecular formula is C9H9Br2NO2. The lowest BCUT2D eigenvalue weighted by molar-refractivity contribution is -0.123. The highest BCUT2D eigenvalue weighted by Gasteiger charge is 2.02. The Morgan fingerprint density at radius 2 is 2.14 bits per heavy atom. The minimum absolute atomic E-state index is 0.378. The van der Waals surface area contributed by atoms with Gasteiger partial charge in [-0.1, -0.05) is 31.9 Å². The Hall–Kier alpha value is -0.390. The van der Waals surface area contributed by atoms with Gasteiger partial charge in [0.2, 0.25) is 5.91 Å². The van der Waals surface area contributed by atoms with Gasteiger partial charge in [0.25, 0.3) is 0 Å². The molecule has 2 N–H and O–H groups in total. The summed E-state index contributed by atoms with van der Waals surface area (Å²) in [7, 11) is 0. The Balaban J connectivity index is 2.66. The van der Waals surface area contributed by atoms with Crippen molar-refractivity contribution >= 4 is 37.8 Å². The third-order valence-electron chi connectivity index (χ3n) is 1.63. The van der Waals surface area contributed by atoms with Crippen molar-refractivity contribution < 1.29 is 9.90 Å². The van der Waals surface area contributed by atoms with Gasteiger partial charge in [-0.3, -0.25) is 4.79 Å². The Bertz CT molecular complexity index is 342. The molecule has 0 aliphatic heterocycles. The number of aliphatic hydroxyl groups excluding tert-OH is 1. The average Bonchev–Trinajstić information content (AvgIpc) is 2.19. The van der Waals surface area contributed by atoms with Crippen molar-refractivity contribution in [3.05, 3.63) is 32.7 Å². The van der Waals surface area contributed by atoms with E-state index in [1.165, 1.54) is 0 Å². The fourth-order valence-corrected chi connectivity index (χ4v) is 1.72. The molecule has 0 saturated heterocycles. The lowest BCUT2D eigenvalue weighted by Crippen LogP contribution is -2.25. The van der Waals surface area contributed by atoms with E-state index in [-0.39, 0.29) is 5.91 Å². The summed E-state index contributed by atoms with van der Waals surface area (Å²) in [5.41, 5.74) is 0.959. The van der Waals surface area contributed by atoms with E-state index < -0.39 is 6.61 Å². The molecule has 0 unspecified atom stereocenters. The van der Waals surface area contributed by atoms with E-state index in [1.54, 1.807) is 0 Å². The molecule has 0 atom stereocenters. The fraction of sp³-hybridized carbons (Fsp3) is 0.222. The van der Waals surface area contributed by atoms with Gasteiger partial charge in [0.15, 0.2) is 0 Å². The van der Waals surface area contributed by atoms with Crippen LogP contribution < -0.4 is 5.32 Å². The van der Waals surface area contributed by atoms with Crippen molar-refractivity contribution in [3.63, 3.8) is 0 Å². The predicted octanol–water partition coefficient (Wildman–Crippen LogP) is 1.82. The molecule has 0 saturated carbocycles. The third kappa shape index (κ3) is 3.40. The van der Waals surface area contributed by atoms with E-state index >= 15 is 0 Å². The molecule has 14 heavy (non-hydrogen) atoms. The first-order valence-corrected chi connectivity index (χ1v) is 5.53. The van der Waals surface area contributed by atoms with Crippen molar-refractivity contribution in [2.45, 2.75) is 6.54 Å². The highest BCUT2D eigenvalue weighted by molar-refractivity contribution is 9.11. The van der Waals surface area contributed by atoms with E-state index in [4.69, 9.17) is 5.11 Å². The van der Waals surface area contributed by atoms with E-state index in [9.17, 15) is 4.79 Å². The van der Waals surface area contributed by atoms with Crippen LogP contribution in [-0.2, 0) is 11.3 Å². The number of carbonyl (C=O) groups excluding carboxylic acids is 1. The van der Waals surface area contributed by atoms with Crippen LogP contribution in [0.15, 0.2) is 27.1 Å². The number of aliphatic hydroxyl groups is 1. The summed E-state index contributed by atoms with van der Waals surface area (Å²) in [6.45, 7) is -0.0783. The Kier molecular flexibility index (Phi) is 4.57.